The van der Waals surface area contributed by atoms with E-state index >= 15 is 0 Å². The number of piperazine rings is 1. The third kappa shape index (κ3) is 4.52. The largest absolute Gasteiger partial charge is 0.314 e. The first-order chi connectivity index (χ1) is 8.24. The zero-order chi connectivity index (χ0) is 12.1. The van der Waals surface area contributed by atoms with E-state index in [1.54, 1.807) is 17.5 Å². The first-order valence-corrected chi connectivity index (χ1v) is 7.15. The summed E-state index contributed by atoms with van der Waals surface area (Å²) in [5.41, 5.74) is 0. The van der Waals surface area contributed by atoms with Gasteiger partial charge < -0.3 is 5.32 Å². The van der Waals surface area contributed by atoms with Gasteiger partial charge in [-0.05, 0) is 7.05 Å². The number of rotatable bonds is 5. The van der Waals surface area contributed by atoms with Crippen LogP contribution in [-0.2, 0) is 6.54 Å². The molecule has 6 heteroatoms. The Balaban J connectivity index is 1.68. The Morgan fingerprint density at radius 2 is 2.29 bits per heavy atom. The molecule has 0 radical (unpaired) electrons. The molecule has 1 aromatic heterocycles. The van der Waals surface area contributed by atoms with E-state index in [9.17, 15) is 0 Å². The fourth-order valence-corrected chi connectivity index (χ4v) is 2.95. The SMILES string of the molecule is CN(CCN1CCNCC1)Cc1ncc(Cl)s1. The van der Waals surface area contributed by atoms with E-state index in [1.807, 2.05) is 0 Å². The number of nitrogens with one attached hydrogen (secondary N) is 1. The molecular weight excluding hydrogens is 256 g/mol. The lowest BCUT2D eigenvalue weighted by Crippen LogP contribution is -2.45. The minimum absolute atomic E-state index is 0.774. The van der Waals surface area contributed by atoms with Crippen LogP contribution in [0.25, 0.3) is 0 Å². The summed E-state index contributed by atoms with van der Waals surface area (Å²) >= 11 is 7.43. The van der Waals surface area contributed by atoms with Gasteiger partial charge in [0, 0.05) is 39.3 Å². The standard InChI is InChI=1S/C11H19ClN4S/c1-15(9-11-14-8-10(12)17-11)6-7-16-4-2-13-3-5-16/h8,13H,2-7,9H2,1H3. The number of hydrogen-bond donors (Lipinski definition) is 1. The molecular formula is C11H19ClN4S. The maximum atomic E-state index is 5.86. The van der Waals surface area contributed by atoms with Gasteiger partial charge in [0.15, 0.2) is 0 Å². The third-order valence-corrected chi connectivity index (χ3v) is 4.04. The summed E-state index contributed by atoms with van der Waals surface area (Å²) in [6.07, 6.45) is 1.73. The minimum atomic E-state index is 0.774. The lowest BCUT2D eigenvalue weighted by atomic mass is 10.3. The summed E-state index contributed by atoms with van der Waals surface area (Å²) < 4.78 is 0.774. The quantitative estimate of drug-likeness (QED) is 0.872. The molecule has 1 fully saturated rings. The molecule has 0 atom stereocenters. The van der Waals surface area contributed by atoms with Crippen LogP contribution in [0.1, 0.15) is 5.01 Å². The summed E-state index contributed by atoms with van der Waals surface area (Å²) in [5.74, 6) is 0. The van der Waals surface area contributed by atoms with E-state index < -0.39 is 0 Å². The molecule has 0 saturated carbocycles. The average Bonchev–Trinajstić information content (AvgIpc) is 2.73. The van der Waals surface area contributed by atoms with E-state index in [4.69, 9.17) is 11.6 Å². The van der Waals surface area contributed by atoms with Gasteiger partial charge in [-0.15, -0.1) is 11.3 Å². The summed E-state index contributed by atoms with van der Waals surface area (Å²) in [7, 11) is 2.14. The van der Waals surface area contributed by atoms with Gasteiger partial charge in [0.05, 0.1) is 12.7 Å². The van der Waals surface area contributed by atoms with Crippen molar-refractivity contribution in [2.24, 2.45) is 0 Å². The van der Waals surface area contributed by atoms with Crippen molar-refractivity contribution >= 4 is 22.9 Å². The Hall–Kier alpha value is -0.200. The van der Waals surface area contributed by atoms with Gasteiger partial charge in [-0.2, -0.15) is 0 Å². The van der Waals surface area contributed by atoms with Crippen molar-refractivity contribution in [2.75, 3.05) is 46.3 Å². The fourth-order valence-electron chi connectivity index (χ4n) is 1.92. The molecule has 0 bridgehead atoms. The van der Waals surface area contributed by atoms with Crippen LogP contribution in [0.2, 0.25) is 4.34 Å². The predicted molar refractivity (Wildman–Crippen MR) is 72.8 cm³/mol. The normalized spacial score (nSPS) is 17.8. The summed E-state index contributed by atoms with van der Waals surface area (Å²) in [6, 6.07) is 0. The van der Waals surface area contributed by atoms with Crippen molar-refractivity contribution in [3.8, 4) is 0 Å². The van der Waals surface area contributed by atoms with Crippen molar-refractivity contribution < 1.29 is 0 Å². The lowest BCUT2D eigenvalue weighted by Gasteiger charge is -2.28. The minimum Gasteiger partial charge on any atom is -0.314 e. The van der Waals surface area contributed by atoms with Crippen LogP contribution >= 0.6 is 22.9 Å². The zero-order valence-corrected chi connectivity index (χ0v) is 11.7. The highest BCUT2D eigenvalue weighted by atomic mass is 35.5. The molecule has 1 aliphatic rings. The number of aromatic nitrogens is 1. The van der Waals surface area contributed by atoms with E-state index in [-0.39, 0.29) is 0 Å². The smallest absolute Gasteiger partial charge is 0.113 e. The Morgan fingerprint density at radius 1 is 1.53 bits per heavy atom. The molecule has 1 aliphatic heterocycles. The first-order valence-electron chi connectivity index (χ1n) is 5.96. The molecule has 2 rings (SSSR count). The number of nitrogens with zero attached hydrogens (tertiary/aromatic N) is 3. The van der Waals surface area contributed by atoms with Crippen molar-refractivity contribution in [3.05, 3.63) is 15.5 Å². The Bertz CT molecular complexity index is 338. The molecule has 96 valence electrons. The first kappa shape index (κ1) is 13.2. The van der Waals surface area contributed by atoms with E-state index in [1.165, 1.54) is 0 Å². The molecule has 1 aromatic rings. The molecule has 0 aromatic carbocycles. The molecule has 2 heterocycles. The van der Waals surface area contributed by atoms with Gasteiger partial charge in [0.1, 0.15) is 9.34 Å². The van der Waals surface area contributed by atoms with Crippen LogP contribution < -0.4 is 5.32 Å². The number of likely N-dealkylation sites (N-methyl/N-ethyl adjacent to an activating group) is 1. The average molecular weight is 275 g/mol. The molecule has 17 heavy (non-hydrogen) atoms. The predicted octanol–water partition coefficient (Wildman–Crippen LogP) is 1.13. The van der Waals surface area contributed by atoms with E-state index in [2.05, 4.69) is 27.1 Å². The van der Waals surface area contributed by atoms with Crippen LogP contribution in [0.3, 0.4) is 0 Å². The zero-order valence-electron chi connectivity index (χ0n) is 10.2. The molecule has 0 amide bonds. The topological polar surface area (TPSA) is 31.4 Å². The fraction of sp³-hybridized carbons (Fsp3) is 0.727. The summed E-state index contributed by atoms with van der Waals surface area (Å²) in [5, 5.41) is 4.46. The number of thiazole rings is 1. The molecule has 4 nitrogen and oxygen atoms in total. The van der Waals surface area contributed by atoms with Crippen LogP contribution in [0, 0.1) is 0 Å². The maximum absolute atomic E-state index is 5.86. The van der Waals surface area contributed by atoms with Gasteiger partial charge in [-0.3, -0.25) is 9.80 Å². The molecule has 0 unspecified atom stereocenters. The molecule has 1 N–H and O–H groups in total. The highest BCUT2D eigenvalue weighted by Crippen LogP contribution is 2.19. The van der Waals surface area contributed by atoms with Crippen LogP contribution in [0.5, 0.6) is 0 Å². The highest BCUT2D eigenvalue weighted by molar-refractivity contribution is 7.15. The highest BCUT2D eigenvalue weighted by Gasteiger charge is 2.10. The van der Waals surface area contributed by atoms with Gasteiger partial charge in [-0.25, -0.2) is 4.98 Å². The van der Waals surface area contributed by atoms with Crippen molar-refractivity contribution in [3.63, 3.8) is 0 Å². The van der Waals surface area contributed by atoms with E-state index in [0.717, 1.165) is 55.2 Å². The Morgan fingerprint density at radius 3 is 2.94 bits per heavy atom. The van der Waals surface area contributed by atoms with E-state index in [0.29, 0.717) is 0 Å². The second kappa shape index (κ2) is 6.66. The van der Waals surface area contributed by atoms with Crippen molar-refractivity contribution in [1.82, 2.24) is 20.1 Å². The Kier molecular flexibility index (Phi) is 5.18. The van der Waals surface area contributed by atoms with Crippen molar-refractivity contribution in [1.29, 1.82) is 0 Å². The number of hydrogen-bond acceptors (Lipinski definition) is 5. The monoisotopic (exact) mass is 274 g/mol. The van der Waals surface area contributed by atoms with Crippen LogP contribution in [0.4, 0.5) is 0 Å². The molecule has 1 saturated heterocycles. The van der Waals surface area contributed by atoms with Crippen LogP contribution in [0.15, 0.2) is 6.20 Å². The van der Waals surface area contributed by atoms with Gasteiger partial charge in [0.2, 0.25) is 0 Å². The number of halogens is 1. The summed E-state index contributed by atoms with van der Waals surface area (Å²) in [4.78, 5) is 9.08. The van der Waals surface area contributed by atoms with Gasteiger partial charge in [-0.1, -0.05) is 11.6 Å². The molecule has 0 spiro atoms. The second-order valence-corrected chi connectivity index (χ2v) is 6.13. The molecule has 0 aliphatic carbocycles. The summed E-state index contributed by atoms with van der Waals surface area (Å²) in [6.45, 7) is 7.67. The van der Waals surface area contributed by atoms with Gasteiger partial charge in [0.25, 0.3) is 0 Å². The Labute approximate surface area is 112 Å². The van der Waals surface area contributed by atoms with Crippen LogP contribution in [-0.4, -0.2) is 61.1 Å². The third-order valence-electron chi connectivity index (χ3n) is 2.94. The lowest BCUT2D eigenvalue weighted by molar-refractivity contribution is 0.202. The van der Waals surface area contributed by atoms with Gasteiger partial charge >= 0.3 is 0 Å². The second-order valence-electron chi connectivity index (χ2n) is 4.39. The maximum Gasteiger partial charge on any atom is 0.113 e. The van der Waals surface area contributed by atoms with Crippen molar-refractivity contribution in [2.45, 2.75) is 6.54 Å².